The lowest BCUT2D eigenvalue weighted by atomic mass is 10.1. The second-order valence-corrected chi connectivity index (χ2v) is 3.20. The van der Waals surface area contributed by atoms with E-state index >= 15 is 0 Å². The number of carbonyl (C=O) groups is 1. The molecule has 0 aliphatic rings. The SMILES string of the molecule is O=C(O)CCc1onc2cc(O)ccc12. The van der Waals surface area contributed by atoms with E-state index in [1.54, 1.807) is 6.07 Å². The number of carboxylic acids is 1. The second kappa shape index (κ2) is 3.61. The van der Waals surface area contributed by atoms with E-state index < -0.39 is 5.97 Å². The van der Waals surface area contributed by atoms with Crippen molar-refractivity contribution in [2.75, 3.05) is 0 Å². The number of rotatable bonds is 3. The number of fused-ring (bicyclic) bond motifs is 1. The first-order chi connectivity index (χ1) is 7.16. The van der Waals surface area contributed by atoms with Crippen LogP contribution in [0.4, 0.5) is 0 Å². The van der Waals surface area contributed by atoms with Crippen LogP contribution in [0, 0.1) is 0 Å². The highest BCUT2D eigenvalue weighted by Gasteiger charge is 2.10. The minimum absolute atomic E-state index is 0.00513. The van der Waals surface area contributed by atoms with Crippen molar-refractivity contribution in [1.82, 2.24) is 5.16 Å². The van der Waals surface area contributed by atoms with Crippen LogP contribution in [0.3, 0.4) is 0 Å². The zero-order valence-electron chi connectivity index (χ0n) is 7.80. The van der Waals surface area contributed by atoms with E-state index in [-0.39, 0.29) is 12.2 Å². The number of phenolic OH excluding ortho intramolecular Hbond substituents is 1. The van der Waals surface area contributed by atoms with Crippen LogP contribution in [0.2, 0.25) is 0 Å². The summed E-state index contributed by atoms with van der Waals surface area (Å²) in [6.45, 7) is 0. The van der Waals surface area contributed by atoms with Crippen molar-refractivity contribution in [3.63, 3.8) is 0 Å². The summed E-state index contributed by atoms with van der Waals surface area (Å²) in [7, 11) is 0. The Morgan fingerprint density at radius 2 is 2.27 bits per heavy atom. The van der Waals surface area contributed by atoms with Gasteiger partial charge in [-0.2, -0.15) is 0 Å². The number of phenols is 1. The van der Waals surface area contributed by atoms with Crippen molar-refractivity contribution in [3.05, 3.63) is 24.0 Å². The summed E-state index contributed by atoms with van der Waals surface area (Å²) in [5.74, 6) is -0.230. The second-order valence-electron chi connectivity index (χ2n) is 3.20. The molecule has 5 heteroatoms. The molecule has 78 valence electrons. The monoisotopic (exact) mass is 207 g/mol. The molecular formula is C10H9NO4. The first-order valence-electron chi connectivity index (χ1n) is 4.46. The van der Waals surface area contributed by atoms with Crippen LogP contribution in [0.25, 0.3) is 10.9 Å². The molecule has 0 aliphatic carbocycles. The Morgan fingerprint density at radius 3 is 3.00 bits per heavy atom. The fourth-order valence-electron chi connectivity index (χ4n) is 1.39. The summed E-state index contributed by atoms with van der Waals surface area (Å²) in [6.07, 6.45) is 0.307. The average Bonchev–Trinajstić information content (AvgIpc) is 2.57. The Hall–Kier alpha value is -2.04. The van der Waals surface area contributed by atoms with Crippen LogP contribution < -0.4 is 0 Å². The highest BCUT2D eigenvalue weighted by Crippen LogP contribution is 2.23. The lowest BCUT2D eigenvalue weighted by Crippen LogP contribution is -1.96. The molecule has 5 nitrogen and oxygen atoms in total. The Labute approximate surface area is 84.9 Å². The summed E-state index contributed by atoms with van der Waals surface area (Å²) in [5.41, 5.74) is 0.537. The molecule has 0 saturated carbocycles. The standard InChI is InChI=1S/C10H9NO4/c12-6-1-2-7-8(5-6)11-15-9(7)3-4-10(13)14/h1-2,5,12H,3-4H2,(H,13,14). The number of aromatic nitrogens is 1. The Morgan fingerprint density at radius 1 is 1.47 bits per heavy atom. The van der Waals surface area contributed by atoms with Gasteiger partial charge in [-0.25, -0.2) is 0 Å². The van der Waals surface area contributed by atoms with Gasteiger partial charge in [0.2, 0.25) is 0 Å². The molecule has 0 fully saturated rings. The maximum atomic E-state index is 10.4. The van der Waals surface area contributed by atoms with Gasteiger partial charge in [0, 0.05) is 17.9 Å². The predicted molar refractivity (Wildman–Crippen MR) is 51.6 cm³/mol. The Kier molecular flexibility index (Phi) is 2.29. The van der Waals surface area contributed by atoms with Crippen molar-refractivity contribution in [2.24, 2.45) is 0 Å². The molecule has 2 aromatic rings. The van der Waals surface area contributed by atoms with Gasteiger partial charge in [0.15, 0.2) is 0 Å². The minimum Gasteiger partial charge on any atom is -0.508 e. The Bertz CT molecular complexity index is 503. The quantitative estimate of drug-likeness (QED) is 0.797. The lowest BCUT2D eigenvalue weighted by molar-refractivity contribution is -0.137. The molecule has 1 heterocycles. The van der Waals surface area contributed by atoms with Crippen LogP contribution in [-0.4, -0.2) is 21.3 Å². The number of aryl methyl sites for hydroxylation is 1. The smallest absolute Gasteiger partial charge is 0.303 e. The highest BCUT2D eigenvalue weighted by molar-refractivity contribution is 5.82. The van der Waals surface area contributed by atoms with Crippen LogP contribution in [-0.2, 0) is 11.2 Å². The molecule has 0 amide bonds. The number of aliphatic carboxylic acids is 1. The molecule has 0 spiro atoms. The highest BCUT2D eigenvalue weighted by atomic mass is 16.5. The lowest BCUT2D eigenvalue weighted by Gasteiger charge is -1.93. The maximum Gasteiger partial charge on any atom is 0.303 e. The molecule has 0 atom stereocenters. The van der Waals surface area contributed by atoms with E-state index in [2.05, 4.69) is 5.16 Å². The van der Waals surface area contributed by atoms with Gasteiger partial charge >= 0.3 is 5.97 Å². The van der Waals surface area contributed by atoms with Crippen LogP contribution in [0.15, 0.2) is 22.7 Å². The van der Waals surface area contributed by atoms with Gasteiger partial charge < -0.3 is 14.7 Å². The third kappa shape index (κ3) is 1.90. The molecule has 2 N–H and O–H groups in total. The molecule has 1 aromatic heterocycles. The van der Waals surface area contributed by atoms with Crippen molar-refractivity contribution in [2.45, 2.75) is 12.8 Å². The molecular weight excluding hydrogens is 198 g/mol. The van der Waals surface area contributed by atoms with Gasteiger partial charge in [0.25, 0.3) is 0 Å². The van der Waals surface area contributed by atoms with Crippen molar-refractivity contribution in [1.29, 1.82) is 0 Å². The predicted octanol–water partition coefficient (Wildman–Crippen LogP) is 1.55. The summed E-state index contributed by atoms with van der Waals surface area (Å²) in [4.78, 5) is 10.4. The zero-order valence-corrected chi connectivity index (χ0v) is 7.80. The fraction of sp³-hybridized carbons (Fsp3) is 0.200. The molecule has 1 aromatic carbocycles. The van der Waals surface area contributed by atoms with Crippen molar-refractivity contribution >= 4 is 16.9 Å². The topological polar surface area (TPSA) is 83.6 Å². The van der Waals surface area contributed by atoms with E-state index in [1.165, 1.54) is 12.1 Å². The minimum atomic E-state index is -0.877. The van der Waals surface area contributed by atoms with E-state index in [0.717, 1.165) is 5.39 Å². The number of benzene rings is 1. The van der Waals surface area contributed by atoms with Gasteiger partial charge in [0.05, 0.1) is 6.42 Å². The number of nitrogens with zero attached hydrogens (tertiary/aromatic N) is 1. The molecule has 0 unspecified atom stereocenters. The molecule has 0 radical (unpaired) electrons. The normalized spacial score (nSPS) is 10.7. The van der Waals surface area contributed by atoms with E-state index in [9.17, 15) is 9.90 Å². The summed E-state index contributed by atoms with van der Waals surface area (Å²) < 4.78 is 5.00. The zero-order chi connectivity index (χ0) is 10.8. The van der Waals surface area contributed by atoms with E-state index in [0.29, 0.717) is 17.7 Å². The molecule has 0 bridgehead atoms. The number of carboxylic acid groups (broad SMARTS) is 1. The number of aromatic hydroxyl groups is 1. The summed E-state index contributed by atoms with van der Waals surface area (Å²) in [5, 5.41) is 22.2. The fourth-order valence-corrected chi connectivity index (χ4v) is 1.39. The van der Waals surface area contributed by atoms with Crippen LogP contribution in [0.5, 0.6) is 5.75 Å². The first kappa shape index (κ1) is 9.51. The largest absolute Gasteiger partial charge is 0.508 e. The molecule has 0 saturated heterocycles. The van der Waals surface area contributed by atoms with Gasteiger partial charge in [-0.3, -0.25) is 4.79 Å². The maximum absolute atomic E-state index is 10.4. The molecule has 15 heavy (non-hydrogen) atoms. The first-order valence-corrected chi connectivity index (χ1v) is 4.46. The van der Waals surface area contributed by atoms with E-state index in [4.69, 9.17) is 9.63 Å². The Balaban J connectivity index is 2.32. The van der Waals surface area contributed by atoms with Crippen LogP contribution >= 0.6 is 0 Å². The van der Waals surface area contributed by atoms with Gasteiger partial charge in [-0.1, -0.05) is 5.16 Å². The van der Waals surface area contributed by atoms with E-state index in [1.807, 2.05) is 0 Å². The average molecular weight is 207 g/mol. The van der Waals surface area contributed by atoms with Gasteiger partial charge in [0.1, 0.15) is 17.0 Å². The summed E-state index contributed by atoms with van der Waals surface area (Å²) >= 11 is 0. The third-order valence-corrected chi connectivity index (χ3v) is 2.10. The third-order valence-electron chi connectivity index (χ3n) is 2.10. The molecule has 2 rings (SSSR count). The summed E-state index contributed by atoms with van der Waals surface area (Å²) in [6, 6.07) is 4.66. The van der Waals surface area contributed by atoms with Crippen molar-refractivity contribution in [3.8, 4) is 5.75 Å². The number of hydrogen-bond donors (Lipinski definition) is 2. The van der Waals surface area contributed by atoms with Crippen molar-refractivity contribution < 1.29 is 19.5 Å². The number of hydrogen-bond acceptors (Lipinski definition) is 4. The molecule has 0 aliphatic heterocycles. The van der Waals surface area contributed by atoms with Gasteiger partial charge in [-0.05, 0) is 12.1 Å². The van der Waals surface area contributed by atoms with Crippen LogP contribution in [0.1, 0.15) is 12.2 Å². The van der Waals surface area contributed by atoms with Gasteiger partial charge in [-0.15, -0.1) is 0 Å².